The highest BCUT2D eigenvalue weighted by Gasteiger charge is 2.10. The minimum Gasteiger partial charge on any atom is -0.336 e. The van der Waals surface area contributed by atoms with E-state index in [1.807, 2.05) is 45.2 Å². The molecule has 0 spiro atoms. The molecule has 1 unspecified atom stereocenters. The van der Waals surface area contributed by atoms with Gasteiger partial charge < -0.3 is 16.0 Å². The van der Waals surface area contributed by atoms with Gasteiger partial charge in [-0.2, -0.15) is 0 Å². The van der Waals surface area contributed by atoms with Gasteiger partial charge in [0.25, 0.3) is 0 Å². The number of hydrogen-bond donors (Lipinski definition) is 3. The fourth-order valence-electron chi connectivity index (χ4n) is 1.56. The fraction of sp³-hybridized carbons (Fsp3) is 0.462. The second-order valence-electron chi connectivity index (χ2n) is 4.35. The van der Waals surface area contributed by atoms with E-state index >= 15 is 0 Å². The van der Waals surface area contributed by atoms with Crippen molar-refractivity contribution in [2.75, 3.05) is 12.4 Å². The third-order valence-corrected chi connectivity index (χ3v) is 2.53. The minimum absolute atomic E-state index is 0.129. The summed E-state index contributed by atoms with van der Waals surface area (Å²) in [4.78, 5) is 11.6. The maximum absolute atomic E-state index is 11.6. The number of urea groups is 1. The van der Waals surface area contributed by atoms with Gasteiger partial charge in [-0.1, -0.05) is 18.2 Å². The summed E-state index contributed by atoms with van der Waals surface area (Å²) in [7, 11) is 1.90. The van der Waals surface area contributed by atoms with Crippen LogP contribution >= 0.6 is 0 Å². The zero-order chi connectivity index (χ0) is 12.8. The first-order valence-electron chi connectivity index (χ1n) is 5.88. The largest absolute Gasteiger partial charge is 0.336 e. The molecule has 0 aliphatic carbocycles. The summed E-state index contributed by atoms with van der Waals surface area (Å²) >= 11 is 0. The third kappa shape index (κ3) is 4.07. The SMILES string of the molecule is CNC(C)c1ccccc1NC(=O)NC(C)C. The van der Waals surface area contributed by atoms with Gasteiger partial charge in [0.15, 0.2) is 0 Å². The lowest BCUT2D eigenvalue weighted by molar-refractivity contribution is 0.250. The van der Waals surface area contributed by atoms with Crippen LogP contribution in [0.1, 0.15) is 32.4 Å². The van der Waals surface area contributed by atoms with E-state index in [1.165, 1.54) is 0 Å². The Morgan fingerprint density at radius 1 is 1.18 bits per heavy atom. The van der Waals surface area contributed by atoms with Crippen molar-refractivity contribution in [1.82, 2.24) is 10.6 Å². The second kappa shape index (κ2) is 6.25. The molecule has 0 saturated carbocycles. The Morgan fingerprint density at radius 3 is 2.41 bits per heavy atom. The maximum Gasteiger partial charge on any atom is 0.319 e. The number of rotatable bonds is 4. The lowest BCUT2D eigenvalue weighted by atomic mass is 10.1. The topological polar surface area (TPSA) is 53.2 Å². The van der Waals surface area contributed by atoms with Gasteiger partial charge in [-0.3, -0.25) is 0 Å². The van der Waals surface area contributed by atoms with E-state index in [0.29, 0.717) is 0 Å². The molecule has 0 saturated heterocycles. The van der Waals surface area contributed by atoms with Crippen molar-refractivity contribution in [2.24, 2.45) is 0 Å². The summed E-state index contributed by atoms with van der Waals surface area (Å²) in [6.07, 6.45) is 0. The molecular formula is C13H21N3O. The van der Waals surface area contributed by atoms with Crippen LogP contribution in [0.3, 0.4) is 0 Å². The molecule has 1 aromatic rings. The minimum atomic E-state index is -0.171. The normalized spacial score (nSPS) is 12.3. The van der Waals surface area contributed by atoms with Crippen molar-refractivity contribution >= 4 is 11.7 Å². The quantitative estimate of drug-likeness (QED) is 0.751. The first kappa shape index (κ1) is 13.5. The van der Waals surface area contributed by atoms with E-state index < -0.39 is 0 Å². The molecule has 0 aromatic heterocycles. The van der Waals surface area contributed by atoms with Crippen molar-refractivity contribution in [2.45, 2.75) is 32.9 Å². The van der Waals surface area contributed by atoms with Crippen molar-refractivity contribution < 1.29 is 4.79 Å². The number of carbonyl (C=O) groups is 1. The van der Waals surface area contributed by atoms with Gasteiger partial charge in [0.05, 0.1) is 0 Å². The van der Waals surface area contributed by atoms with E-state index in [9.17, 15) is 4.79 Å². The van der Waals surface area contributed by atoms with Crippen LogP contribution in [-0.2, 0) is 0 Å². The molecular weight excluding hydrogens is 214 g/mol. The molecule has 94 valence electrons. The van der Waals surface area contributed by atoms with Crippen molar-refractivity contribution in [1.29, 1.82) is 0 Å². The van der Waals surface area contributed by atoms with Gasteiger partial charge in [0.2, 0.25) is 0 Å². The van der Waals surface area contributed by atoms with E-state index in [4.69, 9.17) is 0 Å². The number of anilines is 1. The number of hydrogen-bond acceptors (Lipinski definition) is 2. The molecule has 0 bridgehead atoms. The summed E-state index contributed by atoms with van der Waals surface area (Å²) in [6.45, 7) is 5.92. The zero-order valence-corrected chi connectivity index (χ0v) is 10.9. The number of carbonyl (C=O) groups excluding carboxylic acids is 1. The van der Waals surface area contributed by atoms with E-state index in [-0.39, 0.29) is 18.1 Å². The Kier molecular flexibility index (Phi) is 4.97. The van der Waals surface area contributed by atoms with Crippen molar-refractivity contribution in [3.8, 4) is 0 Å². The summed E-state index contributed by atoms with van der Waals surface area (Å²) in [6, 6.07) is 7.95. The molecule has 17 heavy (non-hydrogen) atoms. The summed E-state index contributed by atoms with van der Waals surface area (Å²) in [5, 5.41) is 8.84. The third-order valence-electron chi connectivity index (χ3n) is 2.53. The van der Waals surface area contributed by atoms with Gasteiger partial charge in [0, 0.05) is 17.8 Å². The first-order chi connectivity index (χ1) is 8.04. The Bertz CT molecular complexity index is 377. The molecule has 0 heterocycles. The first-order valence-corrected chi connectivity index (χ1v) is 5.88. The summed E-state index contributed by atoms with van der Waals surface area (Å²) in [5.41, 5.74) is 1.92. The van der Waals surface area contributed by atoms with E-state index in [0.717, 1.165) is 11.3 Å². The van der Waals surface area contributed by atoms with Crippen LogP contribution in [0, 0.1) is 0 Å². The van der Waals surface area contributed by atoms with Crippen LogP contribution in [0.4, 0.5) is 10.5 Å². The molecule has 1 aromatic carbocycles. The van der Waals surface area contributed by atoms with Crippen LogP contribution in [0.5, 0.6) is 0 Å². The number of para-hydroxylation sites is 1. The average molecular weight is 235 g/mol. The van der Waals surface area contributed by atoms with Gasteiger partial charge in [0.1, 0.15) is 0 Å². The molecule has 0 radical (unpaired) electrons. The lowest BCUT2D eigenvalue weighted by Gasteiger charge is -2.17. The summed E-state index contributed by atoms with van der Waals surface area (Å²) in [5.74, 6) is 0. The molecule has 2 amide bonds. The van der Waals surface area contributed by atoms with Gasteiger partial charge in [-0.15, -0.1) is 0 Å². The molecule has 4 heteroatoms. The predicted molar refractivity (Wildman–Crippen MR) is 71.2 cm³/mol. The molecule has 1 atom stereocenters. The zero-order valence-electron chi connectivity index (χ0n) is 10.9. The molecule has 1 rings (SSSR count). The Morgan fingerprint density at radius 2 is 1.82 bits per heavy atom. The molecule has 0 aliphatic heterocycles. The highest BCUT2D eigenvalue weighted by molar-refractivity contribution is 5.90. The Hall–Kier alpha value is -1.55. The fourth-order valence-corrected chi connectivity index (χ4v) is 1.56. The second-order valence-corrected chi connectivity index (χ2v) is 4.35. The van der Waals surface area contributed by atoms with Crippen molar-refractivity contribution in [3.63, 3.8) is 0 Å². The van der Waals surface area contributed by atoms with E-state index in [1.54, 1.807) is 0 Å². The van der Waals surface area contributed by atoms with Gasteiger partial charge in [-0.05, 0) is 39.4 Å². The van der Waals surface area contributed by atoms with Crippen LogP contribution in [0.2, 0.25) is 0 Å². The monoisotopic (exact) mass is 235 g/mol. The summed E-state index contributed by atoms with van der Waals surface area (Å²) < 4.78 is 0. The molecule has 3 N–H and O–H groups in total. The van der Waals surface area contributed by atoms with Gasteiger partial charge >= 0.3 is 6.03 Å². The number of benzene rings is 1. The van der Waals surface area contributed by atoms with Crippen LogP contribution < -0.4 is 16.0 Å². The van der Waals surface area contributed by atoms with Crippen LogP contribution in [-0.4, -0.2) is 19.1 Å². The molecule has 0 fully saturated rings. The molecule has 4 nitrogen and oxygen atoms in total. The van der Waals surface area contributed by atoms with Crippen LogP contribution in [0.15, 0.2) is 24.3 Å². The molecule has 0 aliphatic rings. The average Bonchev–Trinajstić information content (AvgIpc) is 2.27. The predicted octanol–water partition coefficient (Wildman–Crippen LogP) is 2.50. The smallest absolute Gasteiger partial charge is 0.319 e. The van der Waals surface area contributed by atoms with Crippen molar-refractivity contribution in [3.05, 3.63) is 29.8 Å². The van der Waals surface area contributed by atoms with Crippen LogP contribution in [0.25, 0.3) is 0 Å². The number of amides is 2. The standard InChI is InChI=1S/C13H21N3O/c1-9(2)15-13(17)16-12-8-6-5-7-11(12)10(3)14-4/h5-10,14H,1-4H3,(H2,15,16,17). The Labute approximate surface area is 103 Å². The van der Waals surface area contributed by atoms with E-state index in [2.05, 4.69) is 22.9 Å². The Balaban J connectivity index is 2.80. The maximum atomic E-state index is 11.6. The highest BCUT2D eigenvalue weighted by atomic mass is 16.2. The highest BCUT2D eigenvalue weighted by Crippen LogP contribution is 2.21. The lowest BCUT2D eigenvalue weighted by Crippen LogP contribution is -2.34. The van der Waals surface area contributed by atoms with Gasteiger partial charge in [-0.25, -0.2) is 4.79 Å². The number of nitrogens with one attached hydrogen (secondary N) is 3.